The molecule has 1 N–H and O–H groups in total. The van der Waals surface area contributed by atoms with Crippen LogP contribution in [0.25, 0.3) is 0 Å². The summed E-state index contributed by atoms with van der Waals surface area (Å²) in [6.45, 7) is 10.4. The molecule has 0 bridgehead atoms. The third-order valence-electron chi connectivity index (χ3n) is 7.08. The van der Waals surface area contributed by atoms with Gasteiger partial charge in [-0.2, -0.15) is 0 Å². The van der Waals surface area contributed by atoms with Gasteiger partial charge < -0.3 is 19.7 Å². The highest BCUT2D eigenvalue weighted by molar-refractivity contribution is 6.32. The third-order valence-corrected chi connectivity index (χ3v) is 7.36. The highest BCUT2D eigenvalue weighted by Gasteiger charge is 2.32. The van der Waals surface area contributed by atoms with Crippen molar-refractivity contribution < 1.29 is 14.3 Å². The molecule has 3 heterocycles. The van der Waals surface area contributed by atoms with E-state index in [4.69, 9.17) is 21.1 Å². The molecule has 35 heavy (non-hydrogen) atoms. The van der Waals surface area contributed by atoms with Gasteiger partial charge in [0.15, 0.2) is 11.5 Å². The van der Waals surface area contributed by atoms with Crippen LogP contribution in [0.1, 0.15) is 43.4 Å². The first-order valence-corrected chi connectivity index (χ1v) is 13.3. The van der Waals surface area contributed by atoms with Crippen LogP contribution < -0.4 is 14.8 Å². The Kier molecular flexibility index (Phi) is 7.40. The number of carbonyl (C=O) groups is 1. The van der Waals surface area contributed by atoms with Gasteiger partial charge in [0.05, 0.1) is 24.2 Å². The summed E-state index contributed by atoms with van der Waals surface area (Å²) in [6.07, 6.45) is 2.83. The number of carbonyl (C=O) groups excluding carboxylic acids is 1. The maximum Gasteiger partial charge on any atom is 0.227 e. The lowest BCUT2D eigenvalue weighted by atomic mass is 10.0. The van der Waals surface area contributed by atoms with Crippen LogP contribution >= 0.6 is 11.6 Å². The monoisotopic (exact) mass is 497 g/mol. The number of para-hydroxylation sites is 1. The lowest BCUT2D eigenvalue weighted by Crippen LogP contribution is -2.39. The van der Waals surface area contributed by atoms with Crippen molar-refractivity contribution in [1.82, 2.24) is 9.80 Å². The van der Waals surface area contributed by atoms with Gasteiger partial charge in [-0.3, -0.25) is 9.69 Å². The fourth-order valence-electron chi connectivity index (χ4n) is 5.49. The maximum absolute atomic E-state index is 13.7. The number of hydrogen-bond acceptors (Lipinski definition) is 5. The number of nitrogens with one attached hydrogen (secondary N) is 1. The molecular formula is C28H36ClN3O3. The number of nitrogens with zero attached hydrogens (tertiary/aromatic N) is 2. The molecule has 5 rings (SSSR count). The van der Waals surface area contributed by atoms with Crippen LogP contribution in [0, 0.1) is 11.8 Å². The number of amides is 1. The van der Waals surface area contributed by atoms with Crippen molar-refractivity contribution in [3.8, 4) is 11.5 Å². The Morgan fingerprint density at radius 3 is 2.97 bits per heavy atom. The van der Waals surface area contributed by atoms with Gasteiger partial charge in [-0.05, 0) is 54.1 Å². The highest BCUT2D eigenvalue weighted by Crippen LogP contribution is 2.38. The fraction of sp³-hybridized carbons (Fsp3) is 0.536. The number of likely N-dealkylation sites (tertiary alicyclic amines) is 1. The van der Waals surface area contributed by atoms with Crippen molar-refractivity contribution in [3.05, 3.63) is 52.0 Å². The molecule has 0 saturated carbocycles. The molecule has 1 saturated heterocycles. The predicted molar refractivity (Wildman–Crippen MR) is 139 cm³/mol. The molecule has 0 radical (unpaired) electrons. The lowest BCUT2D eigenvalue weighted by molar-refractivity contribution is -0.136. The van der Waals surface area contributed by atoms with E-state index in [0.717, 1.165) is 57.5 Å². The van der Waals surface area contributed by atoms with Crippen LogP contribution in [0.15, 0.2) is 30.3 Å². The normalized spacial score (nSPS) is 19.4. The molecule has 7 heteroatoms. The molecule has 1 fully saturated rings. The first-order valence-electron chi connectivity index (χ1n) is 12.9. The van der Waals surface area contributed by atoms with Crippen LogP contribution in [-0.4, -0.2) is 55.1 Å². The summed E-state index contributed by atoms with van der Waals surface area (Å²) < 4.78 is 11.6. The van der Waals surface area contributed by atoms with Crippen LogP contribution in [-0.2, 0) is 24.3 Å². The minimum Gasteiger partial charge on any atom is -0.489 e. The Bertz CT molecular complexity index is 1070. The van der Waals surface area contributed by atoms with Crippen molar-refractivity contribution in [1.29, 1.82) is 0 Å². The third kappa shape index (κ3) is 5.54. The summed E-state index contributed by atoms with van der Waals surface area (Å²) in [6, 6.07) is 10.5. The van der Waals surface area contributed by atoms with Crippen molar-refractivity contribution in [2.24, 2.45) is 11.8 Å². The molecule has 3 aliphatic rings. The van der Waals surface area contributed by atoms with Gasteiger partial charge in [0, 0.05) is 44.8 Å². The van der Waals surface area contributed by atoms with E-state index in [1.165, 1.54) is 16.8 Å². The molecule has 2 aromatic carbocycles. The lowest BCUT2D eigenvalue weighted by Gasteiger charge is -2.28. The predicted octanol–water partition coefficient (Wildman–Crippen LogP) is 4.98. The molecule has 3 aliphatic heterocycles. The van der Waals surface area contributed by atoms with E-state index in [0.29, 0.717) is 42.2 Å². The SMILES string of the molecule is CC(C)CN(Cc1cc(Cl)c2c(c1)OCCCO2)C(=O)[C@@H]1CCN(Cc2cccc3c2NCC3)C1. The van der Waals surface area contributed by atoms with Gasteiger partial charge in [0.1, 0.15) is 0 Å². The zero-order valence-electron chi connectivity index (χ0n) is 20.8. The van der Waals surface area contributed by atoms with E-state index in [-0.39, 0.29) is 11.8 Å². The van der Waals surface area contributed by atoms with Gasteiger partial charge in [0.25, 0.3) is 0 Å². The van der Waals surface area contributed by atoms with Gasteiger partial charge in [-0.15, -0.1) is 0 Å². The van der Waals surface area contributed by atoms with Gasteiger partial charge in [-0.25, -0.2) is 0 Å². The molecule has 1 amide bonds. The van der Waals surface area contributed by atoms with E-state index in [9.17, 15) is 4.79 Å². The van der Waals surface area contributed by atoms with Gasteiger partial charge >= 0.3 is 0 Å². The average Bonchev–Trinajstić information content (AvgIpc) is 3.43. The highest BCUT2D eigenvalue weighted by atomic mass is 35.5. The first kappa shape index (κ1) is 24.3. The molecule has 0 aromatic heterocycles. The van der Waals surface area contributed by atoms with Crippen molar-refractivity contribution in [3.63, 3.8) is 0 Å². The van der Waals surface area contributed by atoms with E-state index in [1.54, 1.807) is 0 Å². The molecule has 0 aliphatic carbocycles. The minimum absolute atomic E-state index is 0.0225. The van der Waals surface area contributed by atoms with Crippen molar-refractivity contribution in [2.45, 2.75) is 46.2 Å². The van der Waals surface area contributed by atoms with Crippen LogP contribution in [0.5, 0.6) is 11.5 Å². The number of anilines is 1. The molecule has 188 valence electrons. The van der Waals surface area contributed by atoms with E-state index < -0.39 is 0 Å². The fourth-order valence-corrected chi connectivity index (χ4v) is 5.78. The van der Waals surface area contributed by atoms with Gasteiger partial charge in [0.2, 0.25) is 5.91 Å². The summed E-state index contributed by atoms with van der Waals surface area (Å²) in [5.41, 5.74) is 5.03. The summed E-state index contributed by atoms with van der Waals surface area (Å²) in [5.74, 6) is 1.93. The van der Waals surface area contributed by atoms with E-state index in [2.05, 4.69) is 42.3 Å². The smallest absolute Gasteiger partial charge is 0.227 e. The van der Waals surface area contributed by atoms with E-state index >= 15 is 0 Å². The topological polar surface area (TPSA) is 54.0 Å². The second kappa shape index (κ2) is 10.7. The van der Waals surface area contributed by atoms with Crippen LogP contribution in [0.3, 0.4) is 0 Å². The summed E-state index contributed by atoms with van der Waals surface area (Å²) in [7, 11) is 0. The zero-order valence-corrected chi connectivity index (χ0v) is 21.6. The Balaban J connectivity index is 1.27. The summed E-state index contributed by atoms with van der Waals surface area (Å²) >= 11 is 6.53. The van der Waals surface area contributed by atoms with Crippen LogP contribution in [0.4, 0.5) is 5.69 Å². The summed E-state index contributed by atoms with van der Waals surface area (Å²) in [4.78, 5) is 18.1. The number of benzene rings is 2. The zero-order chi connectivity index (χ0) is 24.4. The molecule has 2 aromatic rings. The van der Waals surface area contributed by atoms with Crippen molar-refractivity contribution in [2.75, 3.05) is 44.7 Å². The van der Waals surface area contributed by atoms with Gasteiger partial charge in [-0.1, -0.05) is 43.6 Å². The molecule has 6 nitrogen and oxygen atoms in total. The Morgan fingerprint density at radius 2 is 2.11 bits per heavy atom. The Labute approximate surface area is 213 Å². The second-order valence-electron chi connectivity index (χ2n) is 10.4. The molecule has 0 spiro atoms. The summed E-state index contributed by atoms with van der Waals surface area (Å²) in [5, 5.41) is 4.09. The number of halogens is 1. The number of ether oxygens (including phenoxy) is 2. The molecular weight excluding hydrogens is 462 g/mol. The van der Waals surface area contributed by atoms with Crippen molar-refractivity contribution >= 4 is 23.2 Å². The first-order chi connectivity index (χ1) is 17.0. The standard InChI is InChI=1S/C28H36ClN3O3/c1-19(2)15-32(16-20-13-24(29)27-25(14-20)34-11-4-12-35-27)28(33)23-8-10-31(18-23)17-22-6-3-5-21-7-9-30-26(21)22/h3,5-6,13-14,19,23,30H,4,7-12,15-18H2,1-2H3/t23-/m1/s1. The van der Waals surface area contributed by atoms with E-state index in [1.807, 2.05) is 17.0 Å². The quantitative estimate of drug-likeness (QED) is 0.585. The minimum atomic E-state index is 0.0225. The molecule has 0 unspecified atom stereocenters. The number of fused-ring (bicyclic) bond motifs is 2. The maximum atomic E-state index is 13.7. The Morgan fingerprint density at radius 1 is 1.26 bits per heavy atom. The largest absolute Gasteiger partial charge is 0.489 e. The number of rotatable bonds is 7. The average molecular weight is 498 g/mol. The second-order valence-corrected chi connectivity index (χ2v) is 10.8. The molecule has 1 atom stereocenters. The van der Waals surface area contributed by atoms with Crippen LogP contribution in [0.2, 0.25) is 5.02 Å². The Hall–Kier alpha value is -2.44. The number of hydrogen-bond donors (Lipinski definition) is 1.